The Morgan fingerprint density at radius 3 is 1.35 bits per heavy atom. The van der Waals surface area contributed by atoms with Gasteiger partial charge in [0.25, 0.3) is 0 Å². The summed E-state index contributed by atoms with van der Waals surface area (Å²) >= 11 is 0. The maximum atomic E-state index is 10.3. The van der Waals surface area contributed by atoms with E-state index in [1.165, 1.54) is 5.39 Å². The molecule has 0 amide bonds. The standard InChI is InChI=1S/C36H20N4/c37-21-25-17-26(22-38)35(20-34(25)39-31-14-6-3-11-27(31)28-12-4-7-15-32(28)39)40-33-16-8-5-13-29(33)30-18-23-9-1-2-10-24(23)19-36(30)40/h1-20H. The first kappa shape index (κ1) is 22.2. The van der Waals surface area contributed by atoms with Crippen LogP contribution in [0.15, 0.2) is 121 Å². The Labute approximate surface area is 229 Å². The lowest BCUT2D eigenvalue weighted by Crippen LogP contribution is -2.04. The van der Waals surface area contributed by atoms with Gasteiger partial charge < -0.3 is 9.13 Å². The van der Waals surface area contributed by atoms with Gasteiger partial charge in [-0.3, -0.25) is 0 Å². The third kappa shape index (κ3) is 2.99. The van der Waals surface area contributed by atoms with E-state index in [4.69, 9.17) is 0 Å². The molecule has 2 aromatic heterocycles. The second-order valence-corrected chi connectivity index (χ2v) is 10.0. The van der Waals surface area contributed by atoms with Crippen molar-refractivity contribution in [1.29, 1.82) is 10.5 Å². The lowest BCUT2D eigenvalue weighted by molar-refractivity contribution is 1.12. The zero-order chi connectivity index (χ0) is 26.8. The zero-order valence-electron chi connectivity index (χ0n) is 21.3. The molecular formula is C36H20N4. The molecule has 0 bridgehead atoms. The molecule has 184 valence electrons. The van der Waals surface area contributed by atoms with Gasteiger partial charge in [-0.1, -0.05) is 78.9 Å². The summed E-state index contributed by atoms with van der Waals surface area (Å²) in [5.41, 5.74) is 6.49. The van der Waals surface area contributed by atoms with Gasteiger partial charge in [0.1, 0.15) is 12.1 Å². The van der Waals surface area contributed by atoms with Gasteiger partial charge in [0.05, 0.1) is 44.6 Å². The Hall–Kier alpha value is -5.84. The summed E-state index contributed by atoms with van der Waals surface area (Å²) in [5, 5.41) is 27.4. The van der Waals surface area contributed by atoms with Crippen LogP contribution in [-0.4, -0.2) is 9.13 Å². The monoisotopic (exact) mass is 508 g/mol. The van der Waals surface area contributed by atoms with Crippen molar-refractivity contribution in [2.45, 2.75) is 0 Å². The fourth-order valence-corrected chi connectivity index (χ4v) is 6.22. The van der Waals surface area contributed by atoms with Gasteiger partial charge in [0.15, 0.2) is 0 Å². The van der Waals surface area contributed by atoms with Crippen molar-refractivity contribution >= 4 is 54.4 Å². The van der Waals surface area contributed by atoms with Crippen molar-refractivity contribution in [3.63, 3.8) is 0 Å². The average molecular weight is 509 g/mol. The second-order valence-electron chi connectivity index (χ2n) is 10.0. The van der Waals surface area contributed by atoms with Gasteiger partial charge in [0, 0.05) is 21.5 Å². The van der Waals surface area contributed by atoms with Gasteiger partial charge in [-0.25, -0.2) is 0 Å². The Morgan fingerprint density at radius 1 is 0.400 bits per heavy atom. The molecule has 4 nitrogen and oxygen atoms in total. The van der Waals surface area contributed by atoms with E-state index in [-0.39, 0.29) is 0 Å². The van der Waals surface area contributed by atoms with Crippen LogP contribution >= 0.6 is 0 Å². The van der Waals surface area contributed by atoms with Crippen molar-refractivity contribution in [3.05, 3.63) is 132 Å². The first-order valence-electron chi connectivity index (χ1n) is 13.2. The van der Waals surface area contributed by atoms with E-state index in [2.05, 4.69) is 94.1 Å². The fraction of sp³-hybridized carbons (Fsp3) is 0. The molecule has 0 aliphatic carbocycles. The van der Waals surface area contributed by atoms with Gasteiger partial charge in [-0.05, 0) is 53.2 Å². The number of fused-ring (bicyclic) bond motifs is 7. The topological polar surface area (TPSA) is 57.4 Å². The minimum atomic E-state index is 0.455. The minimum Gasteiger partial charge on any atom is -0.308 e. The van der Waals surface area contributed by atoms with E-state index in [0.29, 0.717) is 11.1 Å². The van der Waals surface area contributed by atoms with E-state index < -0.39 is 0 Å². The largest absolute Gasteiger partial charge is 0.308 e. The van der Waals surface area contributed by atoms with Gasteiger partial charge in [-0.2, -0.15) is 10.5 Å². The van der Waals surface area contributed by atoms with Crippen LogP contribution in [0.5, 0.6) is 0 Å². The van der Waals surface area contributed by atoms with Gasteiger partial charge in [-0.15, -0.1) is 0 Å². The molecular weight excluding hydrogens is 488 g/mol. The molecule has 0 fully saturated rings. The first-order chi connectivity index (χ1) is 19.8. The maximum absolute atomic E-state index is 10.3. The molecule has 0 N–H and O–H groups in total. The van der Waals surface area contributed by atoms with Crippen molar-refractivity contribution < 1.29 is 0 Å². The van der Waals surface area contributed by atoms with Gasteiger partial charge in [0.2, 0.25) is 0 Å². The molecule has 8 rings (SSSR count). The summed E-state index contributed by atoms with van der Waals surface area (Å²) in [6.07, 6.45) is 0. The summed E-state index contributed by atoms with van der Waals surface area (Å²) in [6.45, 7) is 0. The minimum absolute atomic E-state index is 0.455. The van der Waals surface area contributed by atoms with Crippen LogP contribution in [0.2, 0.25) is 0 Å². The molecule has 0 atom stereocenters. The lowest BCUT2D eigenvalue weighted by Gasteiger charge is -2.16. The van der Waals surface area contributed by atoms with Crippen LogP contribution in [0, 0.1) is 22.7 Å². The van der Waals surface area contributed by atoms with Crippen molar-refractivity contribution in [3.8, 4) is 23.5 Å². The highest BCUT2D eigenvalue weighted by atomic mass is 15.0. The van der Waals surface area contributed by atoms with Crippen LogP contribution < -0.4 is 0 Å². The Morgan fingerprint density at radius 2 is 0.825 bits per heavy atom. The first-order valence-corrected chi connectivity index (χ1v) is 13.2. The molecule has 0 aliphatic heterocycles. The van der Waals surface area contributed by atoms with E-state index in [9.17, 15) is 10.5 Å². The molecule has 0 radical (unpaired) electrons. The molecule has 0 saturated heterocycles. The summed E-state index contributed by atoms with van der Waals surface area (Å²) in [5.74, 6) is 0. The molecule has 40 heavy (non-hydrogen) atoms. The number of hydrogen-bond donors (Lipinski definition) is 0. The molecule has 0 aliphatic rings. The van der Waals surface area contributed by atoms with Crippen LogP contribution in [0.3, 0.4) is 0 Å². The van der Waals surface area contributed by atoms with Crippen molar-refractivity contribution in [1.82, 2.24) is 9.13 Å². The number of para-hydroxylation sites is 3. The molecule has 0 unspecified atom stereocenters. The predicted molar refractivity (Wildman–Crippen MR) is 162 cm³/mol. The zero-order valence-corrected chi connectivity index (χ0v) is 21.3. The number of nitriles is 2. The SMILES string of the molecule is N#Cc1cc(C#N)c(-n2c3ccccc3c3cc4ccccc4cc32)cc1-n1c2ccccc2c2ccccc21. The Bertz CT molecular complexity index is 2350. The molecule has 8 aromatic rings. The van der Waals surface area contributed by atoms with Crippen molar-refractivity contribution in [2.24, 2.45) is 0 Å². The van der Waals surface area contributed by atoms with E-state index >= 15 is 0 Å². The summed E-state index contributed by atoms with van der Waals surface area (Å²) in [7, 11) is 0. The summed E-state index contributed by atoms with van der Waals surface area (Å²) < 4.78 is 4.32. The predicted octanol–water partition coefficient (Wildman–Crippen LogP) is 8.78. The van der Waals surface area contributed by atoms with E-state index in [1.807, 2.05) is 42.5 Å². The number of rotatable bonds is 2. The summed E-state index contributed by atoms with van der Waals surface area (Å²) in [6, 6.07) is 46.1. The molecule has 6 aromatic carbocycles. The maximum Gasteiger partial charge on any atom is 0.101 e. The smallest absolute Gasteiger partial charge is 0.101 e. The number of benzene rings is 6. The lowest BCUT2D eigenvalue weighted by atomic mass is 10.1. The number of hydrogen-bond acceptors (Lipinski definition) is 2. The quantitative estimate of drug-likeness (QED) is 0.234. The number of nitrogens with zero attached hydrogens (tertiary/aromatic N) is 4. The Kier molecular flexibility index (Phi) is 4.62. The molecule has 0 spiro atoms. The highest BCUT2D eigenvalue weighted by Gasteiger charge is 2.21. The fourth-order valence-electron chi connectivity index (χ4n) is 6.22. The third-order valence-corrected chi connectivity index (χ3v) is 7.96. The van der Waals surface area contributed by atoms with Crippen LogP contribution in [-0.2, 0) is 0 Å². The third-order valence-electron chi connectivity index (χ3n) is 7.96. The van der Waals surface area contributed by atoms with Crippen molar-refractivity contribution in [2.75, 3.05) is 0 Å². The van der Waals surface area contributed by atoms with E-state index in [1.54, 1.807) is 6.07 Å². The molecule has 2 heterocycles. The highest BCUT2D eigenvalue weighted by Crippen LogP contribution is 2.38. The molecule has 4 heteroatoms. The number of aromatic nitrogens is 2. The molecule has 0 saturated carbocycles. The average Bonchev–Trinajstić information content (AvgIpc) is 3.51. The van der Waals surface area contributed by atoms with Crippen LogP contribution in [0.4, 0.5) is 0 Å². The highest BCUT2D eigenvalue weighted by molar-refractivity contribution is 6.14. The summed E-state index contributed by atoms with van der Waals surface area (Å²) in [4.78, 5) is 0. The van der Waals surface area contributed by atoms with E-state index in [0.717, 1.165) is 60.4 Å². The normalized spacial score (nSPS) is 11.4. The van der Waals surface area contributed by atoms with Crippen LogP contribution in [0.25, 0.3) is 65.8 Å². The second kappa shape index (κ2) is 8.33. The van der Waals surface area contributed by atoms with Crippen LogP contribution in [0.1, 0.15) is 11.1 Å². The van der Waals surface area contributed by atoms with Gasteiger partial charge >= 0.3 is 0 Å². The Balaban J connectivity index is 1.54.